The van der Waals surface area contributed by atoms with E-state index in [2.05, 4.69) is 20.3 Å². The van der Waals surface area contributed by atoms with E-state index in [1.54, 1.807) is 11.9 Å². The summed E-state index contributed by atoms with van der Waals surface area (Å²) in [6, 6.07) is 13.4. The van der Waals surface area contributed by atoms with Crippen LogP contribution in [0.4, 0.5) is 0 Å². The first kappa shape index (κ1) is 24.2. The van der Waals surface area contributed by atoms with Crippen LogP contribution in [0.1, 0.15) is 41.6 Å². The van der Waals surface area contributed by atoms with Crippen LogP contribution >= 0.6 is 11.3 Å². The number of rotatable bonds is 7. The van der Waals surface area contributed by atoms with E-state index in [1.807, 2.05) is 54.3 Å². The number of carbonyl (C=O) groups is 2. The summed E-state index contributed by atoms with van der Waals surface area (Å²) in [7, 11) is 1.78. The Labute approximate surface area is 223 Å². The Morgan fingerprint density at radius 1 is 1.08 bits per heavy atom. The summed E-state index contributed by atoms with van der Waals surface area (Å²) in [6.07, 6.45) is 1.81. The zero-order valence-corrected chi connectivity index (χ0v) is 21.9. The SMILES string of the molecule is Cc1nnc(-c2ccc(Oc3cc(-c4nc(C5CC(=O)N(C)C5)no4)ccc3CN3CCCC3=O)cc2)s1. The molecule has 0 spiro atoms. The van der Waals surface area contributed by atoms with Crippen LogP contribution in [0.15, 0.2) is 47.0 Å². The van der Waals surface area contributed by atoms with E-state index >= 15 is 0 Å². The third-order valence-electron chi connectivity index (χ3n) is 6.85. The third kappa shape index (κ3) is 4.89. The van der Waals surface area contributed by atoms with E-state index in [-0.39, 0.29) is 17.7 Å². The molecule has 0 radical (unpaired) electrons. The van der Waals surface area contributed by atoms with Crippen molar-refractivity contribution in [1.82, 2.24) is 30.1 Å². The Hall–Kier alpha value is -4.12. The standard InChI is InChI=1S/C27H26N6O4S/c1-16-29-30-27(38-16)17-7-9-21(10-8-17)36-22-12-18(5-6-19(22)15-33-11-3-4-23(33)34)26-28-25(31-37-26)20-13-24(35)32(2)14-20/h5-10,12,20H,3-4,11,13-15H2,1-2H3. The normalized spacial score (nSPS) is 17.6. The third-order valence-corrected chi connectivity index (χ3v) is 7.74. The fourth-order valence-electron chi connectivity index (χ4n) is 4.75. The molecule has 0 aliphatic carbocycles. The van der Waals surface area contributed by atoms with Gasteiger partial charge < -0.3 is 19.1 Å². The topological polar surface area (TPSA) is 115 Å². The van der Waals surface area contributed by atoms with Crippen molar-refractivity contribution in [2.24, 2.45) is 0 Å². The molecule has 0 saturated carbocycles. The molecule has 1 atom stereocenters. The summed E-state index contributed by atoms with van der Waals surface area (Å²) in [4.78, 5) is 32.4. The van der Waals surface area contributed by atoms with Gasteiger partial charge in [-0.2, -0.15) is 4.98 Å². The molecular formula is C27H26N6O4S. The number of hydrogen-bond acceptors (Lipinski definition) is 9. The number of aromatic nitrogens is 4. The van der Waals surface area contributed by atoms with Crippen molar-refractivity contribution in [2.75, 3.05) is 20.1 Å². The lowest BCUT2D eigenvalue weighted by atomic mass is 10.1. The number of amides is 2. The summed E-state index contributed by atoms with van der Waals surface area (Å²) in [5.41, 5.74) is 2.55. The number of hydrogen-bond donors (Lipinski definition) is 0. The molecule has 10 nitrogen and oxygen atoms in total. The molecule has 0 N–H and O–H groups in total. The maximum atomic E-state index is 12.3. The second-order valence-corrected chi connectivity index (χ2v) is 10.8. The predicted molar refractivity (Wildman–Crippen MR) is 140 cm³/mol. The minimum atomic E-state index is -0.0866. The molecule has 2 aromatic heterocycles. The van der Waals surface area contributed by atoms with Crippen LogP contribution in [0.25, 0.3) is 22.0 Å². The average molecular weight is 531 g/mol. The second kappa shape index (κ2) is 9.97. The first-order chi connectivity index (χ1) is 18.4. The van der Waals surface area contributed by atoms with Crippen molar-refractivity contribution in [1.29, 1.82) is 0 Å². The number of benzene rings is 2. The molecule has 4 heterocycles. The van der Waals surface area contributed by atoms with Crippen molar-refractivity contribution in [2.45, 2.75) is 38.6 Å². The van der Waals surface area contributed by atoms with Gasteiger partial charge in [0.25, 0.3) is 5.89 Å². The lowest BCUT2D eigenvalue weighted by Crippen LogP contribution is -2.24. The van der Waals surface area contributed by atoms with Gasteiger partial charge in [0.1, 0.15) is 21.5 Å². The van der Waals surface area contributed by atoms with Gasteiger partial charge in [-0.3, -0.25) is 9.59 Å². The van der Waals surface area contributed by atoms with Gasteiger partial charge in [-0.1, -0.05) is 22.6 Å². The molecule has 2 amide bonds. The van der Waals surface area contributed by atoms with Gasteiger partial charge >= 0.3 is 0 Å². The second-order valence-electron chi connectivity index (χ2n) is 9.63. The number of ether oxygens (including phenoxy) is 1. The zero-order valence-electron chi connectivity index (χ0n) is 21.1. The van der Waals surface area contributed by atoms with Crippen molar-refractivity contribution in [3.05, 3.63) is 58.9 Å². The van der Waals surface area contributed by atoms with Crippen molar-refractivity contribution in [3.63, 3.8) is 0 Å². The fraction of sp³-hybridized carbons (Fsp3) is 0.333. The molecule has 2 aliphatic heterocycles. The Morgan fingerprint density at radius 2 is 1.89 bits per heavy atom. The van der Waals surface area contributed by atoms with Crippen molar-refractivity contribution < 1.29 is 18.8 Å². The quantitative estimate of drug-likeness (QED) is 0.345. The van der Waals surface area contributed by atoms with E-state index in [9.17, 15) is 9.59 Å². The van der Waals surface area contributed by atoms with Gasteiger partial charge in [0, 0.05) is 62.1 Å². The molecule has 2 saturated heterocycles. The molecule has 6 rings (SSSR count). The van der Waals surface area contributed by atoms with E-state index in [4.69, 9.17) is 9.26 Å². The van der Waals surface area contributed by atoms with Crippen LogP contribution in [0.3, 0.4) is 0 Å². The first-order valence-electron chi connectivity index (χ1n) is 12.5. The summed E-state index contributed by atoms with van der Waals surface area (Å²) in [5.74, 6) is 2.28. The van der Waals surface area contributed by atoms with Gasteiger partial charge in [-0.05, 0) is 49.7 Å². The molecule has 2 fully saturated rings. The van der Waals surface area contributed by atoms with E-state index in [1.165, 1.54) is 11.3 Å². The average Bonchev–Trinajstić information content (AvgIpc) is 3.71. The van der Waals surface area contributed by atoms with Crippen molar-refractivity contribution >= 4 is 23.2 Å². The minimum Gasteiger partial charge on any atom is -0.457 e. The Morgan fingerprint density at radius 3 is 2.58 bits per heavy atom. The molecular weight excluding hydrogens is 504 g/mol. The van der Waals surface area contributed by atoms with Gasteiger partial charge in [0.15, 0.2) is 5.82 Å². The highest BCUT2D eigenvalue weighted by Crippen LogP contribution is 2.34. The van der Waals surface area contributed by atoms with Gasteiger partial charge in [0.05, 0.1) is 0 Å². The molecule has 38 heavy (non-hydrogen) atoms. The maximum Gasteiger partial charge on any atom is 0.258 e. The molecule has 2 aromatic carbocycles. The van der Waals surface area contributed by atoms with E-state index in [0.29, 0.717) is 54.7 Å². The molecule has 2 aliphatic rings. The Balaban J connectivity index is 1.28. The van der Waals surface area contributed by atoms with E-state index < -0.39 is 0 Å². The highest BCUT2D eigenvalue weighted by atomic mass is 32.1. The van der Waals surface area contributed by atoms with Crippen LogP contribution in [0.2, 0.25) is 0 Å². The first-order valence-corrected chi connectivity index (χ1v) is 13.3. The number of likely N-dealkylation sites (tertiary alicyclic amines) is 2. The summed E-state index contributed by atoms with van der Waals surface area (Å²) in [5, 5.41) is 14.2. The smallest absolute Gasteiger partial charge is 0.258 e. The predicted octanol–water partition coefficient (Wildman–Crippen LogP) is 4.42. The highest BCUT2D eigenvalue weighted by molar-refractivity contribution is 7.14. The lowest BCUT2D eigenvalue weighted by Gasteiger charge is -2.19. The molecule has 4 aromatic rings. The monoisotopic (exact) mass is 530 g/mol. The number of aryl methyl sites for hydroxylation is 1. The Kier molecular flexibility index (Phi) is 6.36. The number of nitrogens with zero attached hydrogens (tertiary/aromatic N) is 6. The van der Waals surface area contributed by atoms with Gasteiger partial charge in [0.2, 0.25) is 11.8 Å². The van der Waals surface area contributed by atoms with Crippen LogP contribution < -0.4 is 4.74 Å². The lowest BCUT2D eigenvalue weighted by molar-refractivity contribution is -0.128. The largest absolute Gasteiger partial charge is 0.457 e. The summed E-state index contributed by atoms with van der Waals surface area (Å²) >= 11 is 1.54. The molecule has 194 valence electrons. The van der Waals surface area contributed by atoms with Crippen LogP contribution in [-0.2, 0) is 16.1 Å². The molecule has 0 bridgehead atoms. The Bertz CT molecular complexity index is 1500. The summed E-state index contributed by atoms with van der Waals surface area (Å²) < 4.78 is 11.9. The molecule has 11 heteroatoms. The zero-order chi connectivity index (χ0) is 26.2. The van der Waals surface area contributed by atoms with E-state index in [0.717, 1.165) is 34.1 Å². The number of carbonyl (C=O) groups excluding carboxylic acids is 2. The summed E-state index contributed by atoms with van der Waals surface area (Å²) in [6.45, 7) is 3.69. The molecule has 1 unspecified atom stereocenters. The fourth-order valence-corrected chi connectivity index (χ4v) is 5.45. The van der Waals surface area contributed by atoms with Crippen LogP contribution in [-0.4, -0.2) is 62.1 Å². The van der Waals surface area contributed by atoms with Gasteiger partial charge in [-0.15, -0.1) is 10.2 Å². The van der Waals surface area contributed by atoms with Gasteiger partial charge in [-0.25, -0.2) is 0 Å². The maximum absolute atomic E-state index is 12.3. The van der Waals surface area contributed by atoms with Crippen molar-refractivity contribution in [3.8, 4) is 33.5 Å². The van der Waals surface area contributed by atoms with Crippen LogP contribution in [0.5, 0.6) is 11.5 Å². The number of likely N-dealkylation sites (N-methyl/N-ethyl adjacent to an activating group) is 1. The van der Waals surface area contributed by atoms with Crippen LogP contribution in [0, 0.1) is 6.92 Å². The highest BCUT2D eigenvalue weighted by Gasteiger charge is 2.31. The minimum absolute atomic E-state index is 0.0742.